The van der Waals surface area contributed by atoms with E-state index in [1.807, 2.05) is 12.1 Å². The van der Waals surface area contributed by atoms with Crippen LogP contribution in [0.15, 0.2) is 36.4 Å². The normalized spacial score (nSPS) is 17.6. The molecule has 1 aromatic heterocycles. The largest absolute Gasteiger partial charge is 0.395 e. The van der Waals surface area contributed by atoms with E-state index < -0.39 is 25.9 Å². The van der Waals surface area contributed by atoms with Gasteiger partial charge in [0.2, 0.25) is 0 Å². The van der Waals surface area contributed by atoms with Gasteiger partial charge >= 0.3 is 0 Å². The molecule has 4 rings (SSSR count). The van der Waals surface area contributed by atoms with E-state index in [2.05, 4.69) is 5.32 Å². The van der Waals surface area contributed by atoms with Crippen LogP contribution >= 0.6 is 11.6 Å². The zero-order chi connectivity index (χ0) is 24.0. The van der Waals surface area contributed by atoms with Crippen LogP contribution in [0.5, 0.6) is 0 Å². The number of nitrogens with one attached hydrogen (secondary N) is 1. The van der Waals surface area contributed by atoms with Gasteiger partial charge < -0.3 is 19.9 Å². The monoisotopic (exact) mass is 493 g/mol. The number of benzene rings is 1. The van der Waals surface area contributed by atoms with E-state index in [1.54, 1.807) is 33.7 Å². The minimum Gasteiger partial charge on any atom is -0.395 e. The first kappa shape index (κ1) is 23.8. The van der Waals surface area contributed by atoms with Crippen LogP contribution in [0.3, 0.4) is 0 Å². The van der Waals surface area contributed by atoms with Gasteiger partial charge in [0, 0.05) is 31.2 Å². The molecule has 0 saturated heterocycles. The fourth-order valence-electron chi connectivity index (χ4n) is 4.27. The predicted molar refractivity (Wildman–Crippen MR) is 125 cm³/mol. The van der Waals surface area contributed by atoms with E-state index >= 15 is 0 Å². The molecule has 178 valence electrons. The fourth-order valence-corrected chi connectivity index (χ4v) is 6.71. The molecule has 2 heterocycles. The van der Waals surface area contributed by atoms with Crippen LogP contribution in [0.1, 0.15) is 53.2 Å². The summed E-state index contributed by atoms with van der Waals surface area (Å²) in [5, 5.41) is 13.1. The van der Waals surface area contributed by atoms with Gasteiger partial charge in [-0.05, 0) is 56.5 Å². The maximum Gasteiger partial charge on any atom is 0.270 e. The van der Waals surface area contributed by atoms with E-state index in [0.29, 0.717) is 48.9 Å². The van der Waals surface area contributed by atoms with Crippen molar-refractivity contribution in [2.75, 3.05) is 19.7 Å². The van der Waals surface area contributed by atoms with Crippen LogP contribution in [0.4, 0.5) is 0 Å². The van der Waals surface area contributed by atoms with Gasteiger partial charge in [-0.15, -0.1) is 0 Å². The zero-order valence-electron chi connectivity index (χ0n) is 18.7. The van der Waals surface area contributed by atoms with Gasteiger partial charge in [0.15, 0.2) is 9.84 Å². The summed E-state index contributed by atoms with van der Waals surface area (Å²) in [6.45, 7) is 3.70. The first-order valence-electron chi connectivity index (χ1n) is 10.9. The number of amides is 2. The number of sulfone groups is 1. The average Bonchev–Trinajstić information content (AvgIpc) is 3.45. The van der Waals surface area contributed by atoms with E-state index in [1.165, 1.54) is 13.8 Å². The van der Waals surface area contributed by atoms with Crippen molar-refractivity contribution in [3.63, 3.8) is 0 Å². The fraction of sp³-hybridized carbons (Fsp3) is 0.478. The standard InChI is InChI=1S/C23H28ClN3O5S/c1-22(2,15-28)33(31,32)23(9-10-23)14-26-11-12-27-18(7-8-19(27)21(26)30)20(29)25-13-16-3-5-17(24)6-4-16/h3-8,28H,9-15H2,1-2H3,(H,25,29). The van der Waals surface area contributed by atoms with Crippen molar-refractivity contribution in [2.24, 2.45) is 0 Å². The Labute approximate surface area is 198 Å². The molecule has 8 nitrogen and oxygen atoms in total. The summed E-state index contributed by atoms with van der Waals surface area (Å²) in [4.78, 5) is 27.4. The Morgan fingerprint density at radius 2 is 1.82 bits per heavy atom. The molecule has 2 aromatic rings. The summed E-state index contributed by atoms with van der Waals surface area (Å²) < 4.78 is 25.7. The molecule has 10 heteroatoms. The number of carbonyl (C=O) groups excluding carboxylic acids is 2. The Morgan fingerprint density at radius 1 is 1.15 bits per heavy atom. The second kappa shape index (κ2) is 8.45. The topological polar surface area (TPSA) is 109 Å². The summed E-state index contributed by atoms with van der Waals surface area (Å²) in [6, 6.07) is 10.4. The van der Waals surface area contributed by atoms with Crippen LogP contribution in [-0.4, -0.2) is 64.0 Å². The molecule has 1 aliphatic carbocycles. The lowest BCUT2D eigenvalue weighted by atomic mass is 10.2. The number of nitrogens with zero attached hydrogens (tertiary/aromatic N) is 2. The molecule has 0 spiro atoms. The maximum absolute atomic E-state index is 13.1. The van der Waals surface area contributed by atoms with Crippen LogP contribution in [0.25, 0.3) is 0 Å². The van der Waals surface area contributed by atoms with E-state index in [4.69, 9.17) is 11.6 Å². The summed E-state index contributed by atoms with van der Waals surface area (Å²) in [5.74, 6) is -0.579. The van der Waals surface area contributed by atoms with E-state index in [9.17, 15) is 23.1 Å². The second-order valence-electron chi connectivity index (χ2n) is 9.40. The molecule has 2 N–H and O–H groups in total. The SMILES string of the molecule is CC(C)(CO)S(=O)(=O)C1(CN2CCn3c(C(=O)NCc4ccc(Cl)cc4)ccc3C2=O)CC1. The number of aliphatic hydroxyl groups is 1. The Bertz CT molecular complexity index is 1180. The van der Waals surface area contributed by atoms with Crippen molar-refractivity contribution in [3.8, 4) is 0 Å². The number of halogens is 1. The van der Waals surface area contributed by atoms with Gasteiger partial charge in [0.1, 0.15) is 11.4 Å². The Morgan fingerprint density at radius 3 is 2.42 bits per heavy atom. The van der Waals surface area contributed by atoms with Gasteiger partial charge in [-0.25, -0.2) is 8.42 Å². The molecule has 1 saturated carbocycles. The minimum absolute atomic E-state index is 0.0981. The number of fused-ring (bicyclic) bond motifs is 1. The van der Waals surface area contributed by atoms with Gasteiger partial charge in [-0.2, -0.15) is 0 Å². The molecule has 2 aliphatic rings. The Hall–Kier alpha value is -2.36. The summed E-state index contributed by atoms with van der Waals surface area (Å²) in [7, 11) is -3.64. The quantitative estimate of drug-likeness (QED) is 0.586. The molecule has 2 amide bonds. The number of aliphatic hydroxyl groups excluding tert-OH is 1. The van der Waals surface area contributed by atoms with Crippen molar-refractivity contribution in [3.05, 3.63) is 58.4 Å². The first-order valence-corrected chi connectivity index (χ1v) is 12.7. The van der Waals surface area contributed by atoms with Gasteiger partial charge in [0.05, 0.1) is 16.1 Å². The highest BCUT2D eigenvalue weighted by atomic mass is 35.5. The number of hydrogen-bond donors (Lipinski definition) is 2. The van der Waals surface area contributed by atoms with Crippen molar-refractivity contribution in [2.45, 2.75) is 49.3 Å². The van der Waals surface area contributed by atoms with Gasteiger partial charge in [0.25, 0.3) is 11.8 Å². The van der Waals surface area contributed by atoms with E-state index in [-0.39, 0.29) is 18.4 Å². The van der Waals surface area contributed by atoms with Crippen LogP contribution < -0.4 is 5.32 Å². The molecule has 0 bridgehead atoms. The molecular formula is C23H28ClN3O5S. The molecule has 1 aliphatic heterocycles. The van der Waals surface area contributed by atoms with Crippen LogP contribution in [0.2, 0.25) is 5.02 Å². The molecule has 1 aromatic carbocycles. The summed E-state index contributed by atoms with van der Waals surface area (Å²) in [5.41, 5.74) is 1.66. The highest BCUT2D eigenvalue weighted by Gasteiger charge is 2.60. The lowest BCUT2D eigenvalue weighted by molar-refractivity contribution is 0.0698. The smallest absolute Gasteiger partial charge is 0.270 e. The maximum atomic E-state index is 13.1. The summed E-state index contributed by atoms with van der Waals surface area (Å²) >= 11 is 5.89. The van der Waals surface area contributed by atoms with Crippen molar-refractivity contribution < 1.29 is 23.1 Å². The predicted octanol–water partition coefficient (Wildman–Crippen LogP) is 2.25. The average molecular weight is 494 g/mol. The van der Waals surface area contributed by atoms with E-state index in [0.717, 1.165) is 5.56 Å². The molecule has 1 fully saturated rings. The lowest BCUT2D eigenvalue weighted by Gasteiger charge is -2.35. The Kier molecular flexibility index (Phi) is 6.09. The third-order valence-electron chi connectivity index (χ3n) is 6.64. The minimum atomic E-state index is -3.64. The molecule has 0 radical (unpaired) electrons. The number of hydrogen-bond acceptors (Lipinski definition) is 5. The molecule has 0 atom stereocenters. The highest BCUT2D eigenvalue weighted by Crippen LogP contribution is 2.49. The first-order chi connectivity index (χ1) is 15.5. The third-order valence-corrected chi connectivity index (χ3v) is 10.2. The second-order valence-corrected chi connectivity index (χ2v) is 12.8. The number of rotatable bonds is 8. The summed E-state index contributed by atoms with van der Waals surface area (Å²) in [6.07, 6.45) is 0.948. The third kappa shape index (κ3) is 4.18. The van der Waals surface area contributed by atoms with Crippen molar-refractivity contribution >= 4 is 33.3 Å². The van der Waals surface area contributed by atoms with Gasteiger partial charge in [-0.1, -0.05) is 23.7 Å². The molecule has 0 unspecified atom stereocenters. The zero-order valence-corrected chi connectivity index (χ0v) is 20.2. The lowest BCUT2D eigenvalue weighted by Crippen LogP contribution is -2.52. The van der Waals surface area contributed by atoms with Crippen molar-refractivity contribution in [1.82, 2.24) is 14.8 Å². The highest BCUT2D eigenvalue weighted by molar-refractivity contribution is 7.94. The van der Waals surface area contributed by atoms with Crippen LogP contribution in [0, 0.1) is 0 Å². The Balaban J connectivity index is 1.46. The molecule has 33 heavy (non-hydrogen) atoms. The number of aromatic nitrogens is 1. The molecular weight excluding hydrogens is 466 g/mol. The van der Waals surface area contributed by atoms with Crippen LogP contribution in [-0.2, 0) is 22.9 Å². The van der Waals surface area contributed by atoms with Gasteiger partial charge in [-0.3, -0.25) is 9.59 Å². The van der Waals surface area contributed by atoms with Crippen molar-refractivity contribution in [1.29, 1.82) is 0 Å². The number of carbonyl (C=O) groups is 2.